The number of nitriles is 1. The van der Waals surface area contributed by atoms with Gasteiger partial charge in [0.2, 0.25) is 5.88 Å². The second kappa shape index (κ2) is 9.19. The highest BCUT2D eigenvalue weighted by Crippen LogP contribution is 2.31. The summed E-state index contributed by atoms with van der Waals surface area (Å²) < 4.78 is 5.92. The number of ether oxygens (including phenoxy) is 1. The molecule has 0 saturated heterocycles. The smallest absolute Gasteiger partial charge is 0.348 e. The number of nitrogens with zero attached hydrogens (tertiary/aromatic N) is 2. The fraction of sp³-hybridized carbons (Fsp3) is 0.435. The third kappa shape index (κ3) is 5.98. The predicted molar refractivity (Wildman–Crippen MR) is 117 cm³/mol. The van der Waals surface area contributed by atoms with Gasteiger partial charge in [-0.15, -0.1) is 11.3 Å². The molecule has 0 aromatic carbocycles. The van der Waals surface area contributed by atoms with Crippen LogP contribution in [-0.2, 0) is 0 Å². The number of hydrogen-bond acceptors (Lipinski definition) is 6. The van der Waals surface area contributed by atoms with Crippen molar-refractivity contribution < 1.29 is 14.6 Å². The van der Waals surface area contributed by atoms with Gasteiger partial charge in [-0.3, -0.25) is 0 Å². The predicted octanol–water partition coefficient (Wildman–Crippen LogP) is 4.91. The molecule has 0 bridgehead atoms. The molecule has 2 aromatic rings. The summed E-state index contributed by atoms with van der Waals surface area (Å²) in [5.74, 6) is 5.85. The van der Waals surface area contributed by atoms with E-state index in [2.05, 4.69) is 22.1 Å². The standard InChI is InChI=1S/C23H25N3O3S/c1-23(2,3)11-10-18-12-19(21(30-18)22(27)28)26-16-5-7-17(8-6-16)29-20-9-4-15(13-24)14-25-20/h4,9,12,14,16-17,26H,5-8H2,1-3H3,(H,27,28). The molecule has 2 N–H and O–H groups in total. The molecule has 3 rings (SSSR count). The second-order valence-electron chi connectivity index (χ2n) is 8.39. The lowest BCUT2D eigenvalue weighted by molar-refractivity contribution is 0.0703. The molecule has 7 heteroatoms. The lowest BCUT2D eigenvalue weighted by Crippen LogP contribution is -2.31. The minimum absolute atomic E-state index is 0.0677. The van der Waals surface area contributed by atoms with E-state index < -0.39 is 5.97 Å². The maximum absolute atomic E-state index is 11.7. The number of hydrogen-bond donors (Lipinski definition) is 2. The molecular weight excluding hydrogens is 398 g/mol. The number of anilines is 1. The van der Waals surface area contributed by atoms with Crippen LogP contribution in [0.3, 0.4) is 0 Å². The average Bonchev–Trinajstić information content (AvgIpc) is 3.11. The van der Waals surface area contributed by atoms with Crippen molar-refractivity contribution in [1.29, 1.82) is 5.26 Å². The first-order valence-corrected chi connectivity index (χ1v) is 10.7. The van der Waals surface area contributed by atoms with Crippen LogP contribution in [0.5, 0.6) is 5.88 Å². The van der Waals surface area contributed by atoms with Crippen LogP contribution in [0.1, 0.15) is 66.6 Å². The highest BCUT2D eigenvalue weighted by molar-refractivity contribution is 7.15. The van der Waals surface area contributed by atoms with Crippen molar-refractivity contribution in [2.24, 2.45) is 5.41 Å². The number of thiophene rings is 1. The quantitative estimate of drug-likeness (QED) is 0.663. The van der Waals surface area contributed by atoms with Gasteiger partial charge < -0.3 is 15.2 Å². The summed E-state index contributed by atoms with van der Waals surface area (Å²) in [6.45, 7) is 6.08. The van der Waals surface area contributed by atoms with E-state index >= 15 is 0 Å². The van der Waals surface area contributed by atoms with E-state index in [1.807, 2.05) is 32.9 Å². The minimum Gasteiger partial charge on any atom is -0.477 e. The fourth-order valence-corrected chi connectivity index (χ4v) is 4.01. The molecule has 2 heterocycles. The number of carbonyl (C=O) groups is 1. The summed E-state index contributed by atoms with van der Waals surface area (Å²) in [6, 6.07) is 7.48. The Balaban J connectivity index is 1.59. The lowest BCUT2D eigenvalue weighted by Gasteiger charge is -2.29. The number of rotatable bonds is 5. The van der Waals surface area contributed by atoms with Crippen LogP contribution in [-0.4, -0.2) is 28.2 Å². The van der Waals surface area contributed by atoms with Crippen LogP contribution in [0.4, 0.5) is 5.69 Å². The molecule has 0 unspecified atom stereocenters. The first-order chi connectivity index (χ1) is 14.2. The van der Waals surface area contributed by atoms with Gasteiger partial charge in [0.15, 0.2) is 0 Å². The van der Waals surface area contributed by atoms with Crippen molar-refractivity contribution >= 4 is 23.0 Å². The molecule has 1 saturated carbocycles. The summed E-state index contributed by atoms with van der Waals surface area (Å²) in [4.78, 5) is 16.9. The molecule has 1 fully saturated rings. The Morgan fingerprint density at radius 3 is 2.60 bits per heavy atom. The number of nitrogens with one attached hydrogen (secondary N) is 1. The topological polar surface area (TPSA) is 95.2 Å². The Morgan fingerprint density at radius 1 is 1.30 bits per heavy atom. The second-order valence-corrected chi connectivity index (χ2v) is 9.44. The molecule has 2 aromatic heterocycles. The Labute approximate surface area is 180 Å². The van der Waals surface area contributed by atoms with Gasteiger partial charge in [-0.1, -0.05) is 11.8 Å². The van der Waals surface area contributed by atoms with E-state index in [1.165, 1.54) is 17.5 Å². The number of aromatic nitrogens is 1. The van der Waals surface area contributed by atoms with Gasteiger partial charge >= 0.3 is 5.97 Å². The summed E-state index contributed by atoms with van der Waals surface area (Å²) in [5.41, 5.74) is 1.01. The van der Waals surface area contributed by atoms with Gasteiger partial charge in [0, 0.05) is 23.7 Å². The first-order valence-electron chi connectivity index (χ1n) is 9.93. The average molecular weight is 424 g/mol. The molecule has 0 aliphatic heterocycles. The molecule has 0 amide bonds. The van der Waals surface area contributed by atoms with Crippen molar-refractivity contribution in [1.82, 2.24) is 4.98 Å². The lowest BCUT2D eigenvalue weighted by atomic mass is 9.92. The van der Waals surface area contributed by atoms with Crippen molar-refractivity contribution in [2.45, 2.75) is 58.6 Å². The van der Waals surface area contributed by atoms with E-state index in [0.717, 1.165) is 30.6 Å². The largest absolute Gasteiger partial charge is 0.477 e. The van der Waals surface area contributed by atoms with Crippen LogP contribution in [0, 0.1) is 28.6 Å². The molecule has 1 aliphatic carbocycles. The van der Waals surface area contributed by atoms with Crippen LogP contribution in [0.15, 0.2) is 24.4 Å². The van der Waals surface area contributed by atoms with Gasteiger partial charge in [-0.2, -0.15) is 5.26 Å². The van der Waals surface area contributed by atoms with Gasteiger partial charge in [-0.05, 0) is 58.6 Å². The van der Waals surface area contributed by atoms with Gasteiger partial charge in [0.25, 0.3) is 0 Å². The van der Waals surface area contributed by atoms with Gasteiger partial charge in [0.05, 0.1) is 16.1 Å². The summed E-state index contributed by atoms with van der Waals surface area (Å²) >= 11 is 1.21. The van der Waals surface area contributed by atoms with E-state index in [4.69, 9.17) is 10.00 Å². The van der Waals surface area contributed by atoms with Crippen molar-refractivity contribution in [3.8, 4) is 23.8 Å². The highest BCUT2D eigenvalue weighted by Gasteiger charge is 2.25. The molecule has 0 radical (unpaired) electrons. The third-order valence-corrected chi connectivity index (χ3v) is 5.71. The number of pyridine rings is 1. The summed E-state index contributed by atoms with van der Waals surface area (Å²) in [6.07, 6.45) is 5.02. The van der Waals surface area contributed by atoms with Crippen molar-refractivity contribution in [2.75, 3.05) is 5.32 Å². The highest BCUT2D eigenvalue weighted by atomic mass is 32.1. The van der Waals surface area contributed by atoms with E-state index in [0.29, 0.717) is 22.0 Å². The molecular formula is C23H25N3O3S. The Kier molecular flexibility index (Phi) is 6.64. The van der Waals surface area contributed by atoms with Crippen molar-refractivity contribution in [3.63, 3.8) is 0 Å². The number of aromatic carboxylic acids is 1. The van der Waals surface area contributed by atoms with Crippen molar-refractivity contribution in [3.05, 3.63) is 39.7 Å². The summed E-state index contributed by atoms with van der Waals surface area (Å²) in [5, 5.41) is 21.8. The molecule has 6 nitrogen and oxygen atoms in total. The van der Waals surface area contributed by atoms with E-state index in [1.54, 1.807) is 12.1 Å². The molecule has 0 atom stereocenters. The van der Waals surface area contributed by atoms with E-state index in [-0.39, 0.29) is 17.6 Å². The number of carboxylic acid groups (broad SMARTS) is 1. The first kappa shape index (κ1) is 21.7. The Bertz CT molecular complexity index is 996. The number of carboxylic acids is 1. The maximum Gasteiger partial charge on any atom is 0.348 e. The monoisotopic (exact) mass is 423 g/mol. The zero-order valence-corrected chi connectivity index (χ0v) is 18.2. The normalized spacial score (nSPS) is 18.6. The molecule has 1 aliphatic rings. The van der Waals surface area contributed by atoms with Crippen LogP contribution in [0.25, 0.3) is 0 Å². The minimum atomic E-state index is -0.935. The Hall–Kier alpha value is -3.03. The van der Waals surface area contributed by atoms with E-state index in [9.17, 15) is 9.90 Å². The zero-order chi connectivity index (χ0) is 21.7. The van der Waals surface area contributed by atoms with Gasteiger partial charge in [0.1, 0.15) is 17.1 Å². The Morgan fingerprint density at radius 2 is 2.03 bits per heavy atom. The molecule has 30 heavy (non-hydrogen) atoms. The zero-order valence-electron chi connectivity index (χ0n) is 17.4. The maximum atomic E-state index is 11.7. The van der Waals surface area contributed by atoms with Crippen LogP contribution < -0.4 is 10.1 Å². The van der Waals surface area contributed by atoms with Gasteiger partial charge in [-0.25, -0.2) is 9.78 Å². The SMILES string of the molecule is CC(C)(C)C#Cc1cc(NC2CCC(Oc3ccc(C#N)cn3)CC2)c(C(=O)O)s1. The fourth-order valence-electron chi connectivity index (χ4n) is 3.20. The van der Waals surface area contributed by atoms with Crippen LogP contribution >= 0.6 is 11.3 Å². The summed E-state index contributed by atoms with van der Waals surface area (Å²) in [7, 11) is 0. The molecule has 0 spiro atoms. The van der Waals surface area contributed by atoms with Crippen LogP contribution in [0.2, 0.25) is 0 Å². The molecule has 156 valence electrons. The third-order valence-electron chi connectivity index (χ3n) is 4.67.